The van der Waals surface area contributed by atoms with Crippen LogP contribution < -0.4 is 5.32 Å². The van der Waals surface area contributed by atoms with E-state index in [1.807, 2.05) is 0 Å². The van der Waals surface area contributed by atoms with E-state index in [-0.39, 0.29) is 6.10 Å². The van der Waals surface area contributed by atoms with Crippen molar-refractivity contribution in [2.45, 2.75) is 45.1 Å². The number of nitrogens with one attached hydrogen (secondary N) is 1. The summed E-state index contributed by atoms with van der Waals surface area (Å²) in [5.74, 6) is 0.861. The van der Waals surface area contributed by atoms with Gasteiger partial charge < -0.3 is 10.4 Å². The number of hydrogen-bond acceptors (Lipinski definition) is 2. The average molecular weight is 183 g/mol. The van der Waals surface area contributed by atoms with Gasteiger partial charge in [-0.15, -0.1) is 0 Å². The zero-order valence-electron chi connectivity index (χ0n) is 8.55. The summed E-state index contributed by atoms with van der Waals surface area (Å²) in [6.07, 6.45) is 5.82. The first-order chi connectivity index (χ1) is 6.21. The van der Waals surface area contributed by atoms with E-state index in [4.69, 9.17) is 0 Å². The molecule has 1 atom stereocenters. The smallest absolute Gasteiger partial charge is 0.0540 e. The molecule has 2 aliphatic rings. The molecule has 2 fully saturated rings. The van der Waals surface area contributed by atoms with Gasteiger partial charge in [-0.3, -0.25) is 0 Å². The van der Waals surface area contributed by atoms with Crippen molar-refractivity contribution in [3.8, 4) is 0 Å². The minimum atomic E-state index is -0.0116. The quantitative estimate of drug-likeness (QED) is 0.646. The molecule has 0 spiro atoms. The van der Waals surface area contributed by atoms with Crippen LogP contribution in [0.25, 0.3) is 0 Å². The number of aliphatic hydroxyl groups is 1. The van der Waals surface area contributed by atoms with Gasteiger partial charge in [0.05, 0.1) is 6.10 Å². The second-order valence-corrected chi connectivity index (χ2v) is 5.07. The first-order valence-electron chi connectivity index (χ1n) is 5.59. The second kappa shape index (κ2) is 3.58. The van der Waals surface area contributed by atoms with Crippen LogP contribution in [0.3, 0.4) is 0 Å². The predicted molar refractivity (Wildman–Crippen MR) is 53.6 cm³/mol. The lowest BCUT2D eigenvalue weighted by atomic mass is 9.66. The highest BCUT2D eigenvalue weighted by molar-refractivity contribution is 4.91. The van der Waals surface area contributed by atoms with E-state index in [0.717, 1.165) is 18.8 Å². The zero-order chi connectivity index (χ0) is 9.31. The van der Waals surface area contributed by atoms with Gasteiger partial charge in [-0.05, 0) is 56.5 Å². The Labute approximate surface area is 80.7 Å². The van der Waals surface area contributed by atoms with Crippen LogP contribution >= 0.6 is 0 Å². The highest BCUT2D eigenvalue weighted by atomic mass is 16.3. The van der Waals surface area contributed by atoms with Crippen LogP contribution in [0.15, 0.2) is 0 Å². The lowest BCUT2D eigenvalue weighted by molar-refractivity contribution is 0.0419. The van der Waals surface area contributed by atoms with Crippen molar-refractivity contribution in [1.29, 1.82) is 0 Å². The van der Waals surface area contributed by atoms with Crippen LogP contribution in [0, 0.1) is 11.3 Å². The molecule has 2 nitrogen and oxygen atoms in total. The van der Waals surface area contributed by atoms with Crippen LogP contribution in [-0.4, -0.2) is 24.3 Å². The minimum Gasteiger partial charge on any atom is -0.393 e. The van der Waals surface area contributed by atoms with E-state index in [1.54, 1.807) is 0 Å². The van der Waals surface area contributed by atoms with Crippen molar-refractivity contribution in [2.24, 2.45) is 11.3 Å². The molecule has 0 amide bonds. The van der Waals surface area contributed by atoms with Gasteiger partial charge in [0.1, 0.15) is 0 Å². The summed E-state index contributed by atoms with van der Waals surface area (Å²) in [5.41, 5.74) is 0.517. The Morgan fingerprint density at radius 1 is 1.23 bits per heavy atom. The molecule has 1 heterocycles. The lowest BCUT2D eigenvalue weighted by Crippen LogP contribution is -2.34. The number of aliphatic hydroxyl groups excluding tert-OH is 1. The Bertz CT molecular complexity index is 167. The van der Waals surface area contributed by atoms with Crippen molar-refractivity contribution >= 4 is 0 Å². The van der Waals surface area contributed by atoms with Crippen molar-refractivity contribution in [3.63, 3.8) is 0 Å². The van der Waals surface area contributed by atoms with Gasteiger partial charge in [0.2, 0.25) is 0 Å². The van der Waals surface area contributed by atoms with Gasteiger partial charge in [0.25, 0.3) is 0 Å². The Balaban J connectivity index is 1.95. The van der Waals surface area contributed by atoms with Gasteiger partial charge in [-0.2, -0.15) is 0 Å². The third kappa shape index (κ3) is 1.89. The third-order valence-electron chi connectivity index (χ3n) is 4.14. The maximum Gasteiger partial charge on any atom is 0.0540 e. The monoisotopic (exact) mass is 183 g/mol. The first-order valence-corrected chi connectivity index (χ1v) is 5.59. The summed E-state index contributed by atoms with van der Waals surface area (Å²) >= 11 is 0. The van der Waals surface area contributed by atoms with Crippen molar-refractivity contribution in [1.82, 2.24) is 5.32 Å². The molecule has 76 valence electrons. The summed E-state index contributed by atoms with van der Waals surface area (Å²) < 4.78 is 0. The second-order valence-electron chi connectivity index (χ2n) is 5.07. The maximum absolute atomic E-state index is 9.47. The molecule has 2 heteroatoms. The normalized spacial score (nSPS) is 46.6. The average Bonchev–Trinajstić information content (AvgIpc) is 2.63. The topological polar surface area (TPSA) is 32.3 Å². The molecule has 1 saturated heterocycles. The van der Waals surface area contributed by atoms with Gasteiger partial charge in [-0.25, -0.2) is 0 Å². The standard InChI is InChI=1S/C11H21NO/c1-11(9-4-7-12-8-9)5-2-10(13)3-6-11/h9-10,12-13H,2-8H2,1H3/t9-,10?,11?/m0/s1. The minimum absolute atomic E-state index is 0.0116. The molecule has 0 radical (unpaired) electrons. The molecule has 0 unspecified atom stereocenters. The van der Waals surface area contributed by atoms with E-state index < -0.39 is 0 Å². The van der Waals surface area contributed by atoms with Gasteiger partial charge in [0.15, 0.2) is 0 Å². The SMILES string of the molecule is CC1([C@H]2CCNC2)CCC(O)CC1. The van der Waals surface area contributed by atoms with Crippen LogP contribution in [-0.2, 0) is 0 Å². The summed E-state index contributed by atoms with van der Waals surface area (Å²) in [7, 11) is 0. The maximum atomic E-state index is 9.47. The van der Waals surface area contributed by atoms with Crippen LogP contribution in [0.4, 0.5) is 0 Å². The van der Waals surface area contributed by atoms with Crippen LogP contribution in [0.1, 0.15) is 39.0 Å². The van der Waals surface area contributed by atoms with E-state index >= 15 is 0 Å². The largest absolute Gasteiger partial charge is 0.393 e. The molecule has 0 aromatic heterocycles. The van der Waals surface area contributed by atoms with Gasteiger partial charge in [-0.1, -0.05) is 6.92 Å². The molecule has 0 aromatic rings. The Morgan fingerprint density at radius 3 is 2.46 bits per heavy atom. The summed E-state index contributed by atoms with van der Waals surface area (Å²) in [6, 6.07) is 0. The summed E-state index contributed by atoms with van der Waals surface area (Å²) in [5, 5.41) is 12.9. The first kappa shape index (κ1) is 9.47. The Morgan fingerprint density at radius 2 is 1.92 bits per heavy atom. The fourth-order valence-corrected chi connectivity index (χ4v) is 2.92. The molecule has 0 aromatic carbocycles. The zero-order valence-corrected chi connectivity index (χ0v) is 8.55. The molecule has 1 aliphatic heterocycles. The predicted octanol–water partition coefficient (Wildman–Crippen LogP) is 1.54. The van der Waals surface area contributed by atoms with E-state index in [2.05, 4.69) is 12.2 Å². The van der Waals surface area contributed by atoms with E-state index in [1.165, 1.54) is 32.4 Å². The van der Waals surface area contributed by atoms with Crippen molar-refractivity contribution < 1.29 is 5.11 Å². The molecule has 13 heavy (non-hydrogen) atoms. The summed E-state index contributed by atoms with van der Waals surface area (Å²) in [6.45, 7) is 4.81. The fourth-order valence-electron chi connectivity index (χ4n) is 2.92. The Kier molecular flexibility index (Phi) is 2.61. The molecule has 2 rings (SSSR count). The molecule has 1 saturated carbocycles. The highest BCUT2D eigenvalue weighted by Gasteiger charge is 2.38. The van der Waals surface area contributed by atoms with Crippen molar-refractivity contribution in [3.05, 3.63) is 0 Å². The van der Waals surface area contributed by atoms with Gasteiger partial charge in [0, 0.05) is 0 Å². The molecular weight excluding hydrogens is 162 g/mol. The lowest BCUT2D eigenvalue weighted by Gasteiger charge is -2.40. The van der Waals surface area contributed by atoms with Gasteiger partial charge >= 0.3 is 0 Å². The molecule has 1 aliphatic carbocycles. The number of hydrogen-bond donors (Lipinski definition) is 2. The van der Waals surface area contributed by atoms with Crippen molar-refractivity contribution in [2.75, 3.05) is 13.1 Å². The van der Waals surface area contributed by atoms with E-state index in [0.29, 0.717) is 5.41 Å². The fraction of sp³-hybridized carbons (Fsp3) is 1.00. The summed E-state index contributed by atoms with van der Waals surface area (Å²) in [4.78, 5) is 0. The Hall–Kier alpha value is -0.0800. The van der Waals surface area contributed by atoms with Crippen LogP contribution in [0.2, 0.25) is 0 Å². The van der Waals surface area contributed by atoms with Crippen LogP contribution in [0.5, 0.6) is 0 Å². The third-order valence-corrected chi connectivity index (χ3v) is 4.14. The molecule has 0 bridgehead atoms. The number of rotatable bonds is 1. The van der Waals surface area contributed by atoms with E-state index in [9.17, 15) is 5.11 Å². The highest BCUT2D eigenvalue weighted by Crippen LogP contribution is 2.44. The molecule has 2 N–H and O–H groups in total. The molecular formula is C11H21NO.